The maximum atomic E-state index is 11.7. The molecule has 1 unspecified atom stereocenters. The van der Waals surface area contributed by atoms with Gasteiger partial charge in [0.05, 0.1) is 18.8 Å². The molecule has 1 aromatic rings. The van der Waals surface area contributed by atoms with Gasteiger partial charge in [-0.05, 0) is 31.5 Å². The monoisotopic (exact) mass is 267 g/mol. The molecule has 19 heavy (non-hydrogen) atoms. The van der Waals surface area contributed by atoms with Crippen LogP contribution >= 0.6 is 0 Å². The lowest BCUT2D eigenvalue weighted by Crippen LogP contribution is -2.43. The van der Waals surface area contributed by atoms with Crippen molar-refractivity contribution in [1.82, 2.24) is 10.2 Å². The Morgan fingerprint density at radius 1 is 1.53 bits per heavy atom. The summed E-state index contributed by atoms with van der Waals surface area (Å²) in [6.45, 7) is 6.22. The lowest BCUT2D eigenvalue weighted by Gasteiger charge is -2.17. The second kappa shape index (κ2) is 7.96. The summed E-state index contributed by atoms with van der Waals surface area (Å²) < 4.78 is 5.26. The first kappa shape index (κ1) is 15.7. The van der Waals surface area contributed by atoms with Gasteiger partial charge in [-0.15, -0.1) is 0 Å². The third-order valence-electron chi connectivity index (χ3n) is 2.86. The average molecular weight is 267 g/mol. The molecule has 1 aromatic heterocycles. The van der Waals surface area contributed by atoms with Crippen LogP contribution < -0.4 is 11.1 Å². The smallest absolute Gasteiger partial charge is 0.236 e. The number of amides is 1. The van der Waals surface area contributed by atoms with Crippen LogP contribution in [0.25, 0.3) is 0 Å². The Balaban J connectivity index is 2.17. The Bertz CT molecular complexity index is 363. The van der Waals surface area contributed by atoms with Gasteiger partial charge in [0.15, 0.2) is 0 Å². The summed E-state index contributed by atoms with van der Waals surface area (Å²) in [5.41, 5.74) is 5.80. The van der Waals surface area contributed by atoms with Gasteiger partial charge in [0.1, 0.15) is 5.76 Å². The highest BCUT2D eigenvalue weighted by atomic mass is 16.3. The summed E-state index contributed by atoms with van der Waals surface area (Å²) in [5, 5.41) is 2.86. The quantitative estimate of drug-likeness (QED) is 0.742. The maximum absolute atomic E-state index is 11.7. The molecule has 0 bridgehead atoms. The van der Waals surface area contributed by atoms with Gasteiger partial charge in [0.25, 0.3) is 0 Å². The van der Waals surface area contributed by atoms with E-state index in [4.69, 9.17) is 10.2 Å². The molecule has 0 aliphatic carbocycles. The van der Waals surface area contributed by atoms with Crippen molar-refractivity contribution in [1.29, 1.82) is 0 Å². The van der Waals surface area contributed by atoms with Crippen LogP contribution in [0.2, 0.25) is 0 Å². The van der Waals surface area contributed by atoms with Crippen molar-refractivity contribution in [2.45, 2.75) is 32.9 Å². The molecule has 0 saturated carbocycles. The molecule has 0 fully saturated rings. The van der Waals surface area contributed by atoms with Crippen LogP contribution in [-0.4, -0.2) is 37.0 Å². The van der Waals surface area contributed by atoms with E-state index in [1.54, 1.807) is 6.26 Å². The van der Waals surface area contributed by atoms with Gasteiger partial charge >= 0.3 is 0 Å². The van der Waals surface area contributed by atoms with Crippen molar-refractivity contribution in [3.05, 3.63) is 24.2 Å². The standard InChI is InChI=1S/C14H25N3O2/c1-11(2)9-13(15)14(18)16-6-7-17(3)10-12-5-4-8-19-12/h4-5,8,11,13H,6-7,9-10,15H2,1-3H3,(H,16,18). The van der Waals surface area contributed by atoms with E-state index in [0.29, 0.717) is 18.9 Å². The Morgan fingerprint density at radius 2 is 2.26 bits per heavy atom. The first-order valence-corrected chi connectivity index (χ1v) is 6.73. The number of nitrogens with two attached hydrogens (primary N) is 1. The summed E-state index contributed by atoms with van der Waals surface area (Å²) in [6, 6.07) is 3.40. The van der Waals surface area contributed by atoms with Gasteiger partial charge in [-0.2, -0.15) is 0 Å². The second-order valence-electron chi connectivity index (χ2n) is 5.34. The normalized spacial score (nSPS) is 12.9. The molecule has 1 atom stereocenters. The Hall–Kier alpha value is -1.33. The molecule has 0 radical (unpaired) electrons. The third kappa shape index (κ3) is 6.40. The summed E-state index contributed by atoms with van der Waals surface area (Å²) in [4.78, 5) is 13.8. The van der Waals surface area contributed by atoms with Crippen molar-refractivity contribution in [2.24, 2.45) is 11.7 Å². The Labute approximate surface area is 115 Å². The van der Waals surface area contributed by atoms with Crippen LogP contribution in [0.3, 0.4) is 0 Å². The van der Waals surface area contributed by atoms with Crippen molar-refractivity contribution >= 4 is 5.91 Å². The minimum Gasteiger partial charge on any atom is -0.468 e. The van der Waals surface area contributed by atoms with Crippen LogP contribution in [0.4, 0.5) is 0 Å². The van der Waals surface area contributed by atoms with E-state index < -0.39 is 6.04 Å². The third-order valence-corrected chi connectivity index (χ3v) is 2.86. The molecule has 0 saturated heterocycles. The minimum absolute atomic E-state index is 0.0694. The molecule has 108 valence electrons. The van der Waals surface area contributed by atoms with E-state index in [1.807, 2.05) is 19.2 Å². The molecular formula is C14H25N3O2. The van der Waals surface area contributed by atoms with Crippen LogP contribution in [0.5, 0.6) is 0 Å². The number of carbonyl (C=O) groups excluding carboxylic acids is 1. The van der Waals surface area contributed by atoms with E-state index in [2.05, 4.69) is 24.1 Å². The number of furan rings is 1. The topological polar surface area (TPSA) is 71.5 Å². The SMILES string of the molecule is CC(C)CC(N)C(=O)NCCN(C)Cc1ccco1. The summed E-state index contributed by atoms with van der Waals surface area (Å²) in [5.74, 6) is 1.29. The number of nitrogens with zero attached hydrogens (tertiary/aromatic N) is 1. The highest BCUT2D eigenvalue weighted by Gasteiger charge is 2.14. The van der Waals surface area contributed by atoms with Gasteiger partial charge in [-0.25, -0.2) is 0 Å². The number of hydrogen-bond acceptors (Lipinski definition) is 4. The van der Waals surface area contributed by atoms with E-state index in [-0.39, 0.29) is 5.91 Å². The van der Waals surface area contributed by atoms with Crippen molar-refractivity contribution in [3.63, 3.8) is 0 Å². The first-order chi connectivity index (χ1) is 8.99. The highest BCUT2D eigenvalue weighted by molar-refractivity contribution is 5.81. The second-order valence-corrected chi connectivity index (χ2v) is 5.34. The zero-order valence-corrected chi connectivity index (χ0v) is 12.1. The molecule has 0 aliphatic rings. The summed E-state index contributed by atoms with van der Waals surface area (Å²) in [6.07, 6.45) is 2.38. The molecule has 0 aliphatic heterocycles. The van der Waals surface area contributed by atoms with Gasteiger partial charge in [-0.3, -0.25) is 9.69 Å². The molecule has 3 N–H and O–H groups in total. The van der Waals surface area contributed by atoms with Gasteiger partial charge in [0.2, 0.25) is 5.91 Å². The average Bonchev–Trinajstić information content (AvgIpc) is 2.80. The Kier molecular flexibility index (Phi) is 6.59. The highest BCUT2D eigenvalue weighted by Crippen LogP contribution is 2.03. The fourth-order valence-corrected chi connectivity index (χ4v) is 1.86. The number of likely N-dealkylation sites (N-methyl/N-ethyl adjacent to an activating group) is 1. The molecule has 0 aromatic carbocycles. The predicted molar refractivity (Wildman–Crippen MR) is 75.5 cm³/mol. The van der Waals surface area contributed by atoms with Gasteiger partial charge in [0, 0.05) is 13.1 Å². The van der Waals surface area contributed by atoms with Crippen LogP contribution in [-0.2, 0) is 11.3 Å². The largest absolute Gasteiger partial charge is 0.468 e. The zero-order chi connectivity index (χ0) is 14.3. The van der Waals surface area contributed by atoms with Crippen molar-refractivity contribution < 1.29 is 9.21 Å². The van der Waals surface area contributed by atoms with Gasteiger partial charge in [-0.1, -0.05) is 13.8 Å². The van der Waals surface area contributed by atoms with Crippen LogP contribution in [0, 0.1) is 5.92 Å². The molecule has 0 spiro atoms. The first-order valence-electron chi connectivity index (χ1n) is 6.73. The van der Waals surface area contributed by atoms with E-state index in [1.165, 1.54) is 0 Å². The number of carbonyl (C=O) groups is 1. The molecular weight excluding hydrogens is 242 g/mol. The number of rotatable bonds is 8. The number of hydrogen-bond donors (Lipinski definition) is 2. The van der Waals surface area contributed by atoms with Crippen LogP contribution in [0.15, 0.2) is 22.8 Å². The van der Waals surface area contributed by atoms with Crippen molar-refractivity contribution in [2.75, 3.05) is 20.1 Å². The molecule has 1 heterocycles. The molecule has 5 nitrogen and oxygen atoms in total. The summed E-state index contributed by atoms with van der Waals surface area (Å²) in [7, 11) is 1.99. The lowest BCUT2D eigenvalue weighted by atomic mass is 10.0. The van der Waals surface area contributed by atoms with E-state index >= 15 is 0 Å². The fraction of sp³-hybridized carbons (Fsp3) is 0.643. The maximum Gasteiger partial charge on any atom is 0.236 e. The van der Waals surface area contributed by atoms with Crippen molar-refractivity contribution in [3.8, 4) is 0 Å². The summed E-state index contributed by atoms with van der Waals surface area (Å²) >= 11 is 0. The number of nitrogens with one attached hydrogen (secondary N) is 1. The van der Waals surface area contributed by atoms with Crippen LogP contribution in [0.1, 0.15) is 26.0 Å². The lowest BCUT2D eigenvalue weighted by molar-refractivity contribution is -0.122. The molecule has 5 heteroatoms. The fourth-order valence-electron chi connectivity index (χ4n) is 1.86. The van der Waals surface area contributed by atoms with Gasteiger partial charge < -0.3 is 15.5 Å². The Morgan fingerprint density at radius 3 is 2.84 bits per heavy atom. The van der Waals surface area contributed by atoms with E-state index in [9.17, 15) is 4.79 Å². The predicted octanol–water partition coefficient (Wildman–Crippen LogP) is 1.20. The minimum atomic E-state index is -0.407. The molecule has 1 rings (SSSR count). The zero-order valence-electron chi connectivity index (χ0n) is 12.1. The molecule has 1 amide bonds. The van der Waals surface area contributed by atoms with E-state index in [0.717, 1.165) is 18.8 Å².